The van der Waals surface area contributed by atoms with Gasteiger partial charge in [-0.1, -0.05) is 30.1 Å². The highest BCUT2D eigenvalue weighted by molar-refractivity contribution is 7.89. The summed E-state index contributed by atoms with van der Waals surface area (Å²) in [5.41, 5.74) is 0.707. The molecule has 1 fully saturated rings. The van der Waals surface area contributed by atoms with Gasteiger partial charge < -0.3 is 14.8 Å². The number of ether oxygens (including phenoxy) is 2. The monoisotopic (exact) mass is 472 g/mol. The van der Waals surface area contributed by atoms with Crippen LogP contribution in [0.3, 0.4) is 0 Å². The van der Waals surface area contributed by atoms with Crippen LogP contribution >= 0.6 is 23.2 Å². The Hall–Kier alpha value is -1.84. The van der Waals surface area contributed by atoms with Gasteiger partial charge in [0.25, 0.3) is 5.91 Å². The molecule has 0 radical (unpaired) electrons. The molecule has 2 aromatic carbocycles. The van der Waals surface area contributed by atoms with Gasteiger partial charge in [-0.3, -0.25) is 4.79 Å². The molecule has 0 atom stereocenters. The smallest absolute Gasteiger partial charge is 0.255 e. The number of carbonyl (C=O) groups is 1. The summed E-state index contributed by atoms with van der Waals surface area (Å²) in [7, 11) is -3.59. The third kappa shape index (κ3) is 5.25. The Morgan fingerprint density at radius 2 is 1.73 bits per heavy atom. The number of benzene rings is 2. The summed E-state index contributed by atoms with van der Waals surface area (Å²) in [6, 6.07) is 8.94. The van der Waals surface area contributed by atoms with E-state index < -0.39 is 15.9 Å². The highest BCUT2D eigenvalue weighted by Gasteiger charge is 2.26. The first-order valence-corrected chi connectivity index (χ1v) is 11.6. The topological polar surface area (TPSA) is 84.9 Å². The fourth-order valence-electron chi connectivity index (χ4n) is 2.88. The zero-order valence-electron chi connectivity index (χ0n) is 16.4. The molecule has 2 aromatic rings. The number of nitrogens with zero attached hydrogens (tertiary/aromatic N) is 1. The molecular weight excluding hydrogens is 451 g/mol. The second-order valence-electron chi connectivity index (χ2n) is 6.61. The lowest BCUT2D eigenvalue weighted by Gasteiger charge is -2.26. The molecule has 1 saturated heterocycles. The molecule has 162 valence electrons. The minimum absolute atomic E-state index is 0.158. The first-order chi connectivity index (χ1) is 14.3. The summed E-state index contributed by atoms with van der Waals surface area (Å²) in [6.07, 6.45) is 0.798. The van der Waals surface area contributed by atoms with E-state index in [-0.39, 0.29) is 20.5 Å². The highest BCUT2D eigenvalue weighted by atomic mass is 35.5. The molecular formula is C20H22Cl2N2O5S. The van der Waals surface area contributed by atoms with E-state index >= 15 is 0 Å². The fraction of sp³-hybridized carbons (Fsp3) is 0.350. The largest absolute Gasteiger partial charge is 0.490 e. The van der Waals surface area contributed by atoms with Crippen LogP contribution in [0.15, 0.2) is 41.3 Å². The zero-order chi connectivity index (χ0) is 21.7. The molecule has 1 N–H and O–H groups in total. The number of anilines is 1. The number of carbonyl (C=O) groups excluding carboxylic acids is 1. The number of amides is 1. The van der Waals surface area contributed by atoms with E-state index in [1.54, 1.807) is 0 Å². The Kier molecular flexibility index (Phi) is 7.60. The van der Waals surface area contributed by atoms with Crippen LogP contribution in [0.25, 0.3) is 0 Å². The number of rotatable bonds is 7. The minimum atomic E-state index is -3.59. The molecule has 0 aromatic heterocycles. The van der Waals surface area contributed by atoms with Gasteiger partial charge in [-0.2, -0.15) is 4.31 Å². The summed E-state index contributed by atoms with van der Waals surface area (Å²) in [6.45, 7) is 3.81. The molecule has 1 aliphatic rings. The van der Waals surface area contributed by atoms with Crippen LogP contribution in [0.5, 0.6) is 5.75 Å². The predicted octanol–water partition coefficient (Wildman–Crippen LogP) is 4.06. The normalized spacial score (nSPS) is 15.0. The summed E-state index contributed by atoms with van der Waals surface area (Å²) in [5, 5.41) is 3.20. The van der Waals surface area contributed by atoms with Gasteiger partial charge in [0.15, 0.2) is 5.75 Å². The van der Waals surface area contributed by atoms with Gasteiger partial charge in [0.05, 0.1) is 34.8 Å². The zero-order valence-corrected chi connectivity index (χ0v) is 18.7. The molecule has 7 nitrogen and oxygen atoms in total. The van der Waals surface area contributed by atoms with Crippen molar-refractivity contribution in [3.05, 3.63) is 52.0 Å². The van der Waals surface area contributed by atoms with E-state index in [0.717, 1.165) is 6.42 Å². The molecule has 0 bridgehead atoms. The van der Waals surface area contributed by atoms with Crippen molar-refractivity contribution < 1.29 is 22.7 Å². The van der Waals surface area contributed by atoms with Crippen molar-refractivity contribution in [2.45, 2.75) is 18.2 Å². The van der Waals surface area contributed by atoms with Crippen LogP contribution in [0, 0.1) is 0 Å². The Bertz CT molecular complexity index is 983. The molecule has 1 aliphatic heterocycles. The SMILES string of the molecule is CCCOc1c(Cl)cc(C(=O)Nc2ccc(S(=O)(=O)N3CCOCC3)cc2)cc1Cl. The van der Waals surface area contributed by atoms with E-state index in [9.17, 15) is 13.2 Å². The highest BCUT2D eigenvalue weighted by Crippen LogP contribution is 2.34. The van der Waals surface area contributed by atoms with Gasteiger partial charge in [-0.05, 0) is 42.8 Å². The first kappa shape index (κ1) is 22.8. The molecule has 30 heavy (non-hydrogen) atoms. The quantitative estimate of drug-likeness (QED) is 0.656. The number of nitrogens with one attached hydrogen (secondary N) is 1. The van der Waals surface area contributed by atoms with Crippen molar-refractivity contribution >= 4 is 44.8 Å². The second kappa shape index (κ2) is 9.98. The first-order valence-electron chi connectivity index (χ1n) is 9.44. The standard InChI is InChI=1S/C20H22Cl2N2O5S/c1-2-9-29-19-17(21)12-14(13-18(19)22)20(25)23-15-3-5-16(6-4-15)30(26,27)24-7-10-28-11-8-24/h3-6,12-13H,2,7-11H2,1H3,(H,23,25). The van der Waals surface area contributed by atoms with Crippen molar-refractivity contribution in [2.75, 3.05) is 38.2 Å². The van der Waals surface area contributed by atoms with Crippen LogP contribution in [0.2, 0.25) is 10.0 Å². The Labute approximate surface area is 185 Å². The number of halogens is 2. The van der Waals surface area contributed by atoms with Crippen LogP contribution in [-0.2, 0) is 14.8 Å². The van der Waals surface area contributed by atoms with Gasteiger partial charge in [0, 0.05) is 24.3 Å². The lowest BCUT2D eigenvalue weighted by Crippen LogP contribution is -2.40. The van der Waals surface area contributed by atoms with Crippen LogP contribution in [-0.4, -0.2) is 51.5 Å². The minimum Gasteiger partial charge on any atom is -0.490 e. The van der Waals surface area contributed by atoms with E-state index in [1.165, 1.54) is 40.7 Å². The molecule has 3 rings (SSSR count). The van der Waals surface area contributed by atoms with E-state index in [1.807, 2.05) is 6.92 Å². The van der Waals surface area contributed by atoms with Gasteiger partial charge in [-0.15, -0.1) is 0 Å². The lowest BCUT2D eigenvalue weighted by atomic mass is 10.2. The maximum Gasteiger partial charge on any atom is 0.255 e. The number of morpholine rings is 1. The van der Waals surface area contributed by atoms with Crippen molar-refractivity contribution in [3.8, 4) is 5.75 Å². The molecule has 0 unspecified atom stereocenters. The number of sulfonamides is 1. The van der Waals surface area contributed by atoms with Gasteiger partial charge in [0.1, 0.15) is 0 Å². The molecule has 0 aliphatic carbocycles. The van der Waals surface area contributed by atoms with Gasteiger partial charge in [0.2, 0.25) is 10.0 Å². The molecule has 10 heteroatoms. The van der Waals surface area contributed by atoms with Crippen LogP contribution < -0.4 is 10.1 Å². The van der Waals surface area contributed by atoms with Crippen molar-refractivity contribution in [1.82, 2.24) is 4.31 Å². The number of hydrogen-bond donors (Lipinski definition) is 1. The Morgan fingerprint density at radius 1 is 1.13 bits per heavy atom. The van der Waals surface area contributed by atoms with Crippen molar-refractivity contribution in [2.24, 2.45) is 0 Å². The molecule has 0 saturated carbocycles. The van der Waals surface area contributed by atoms with Crippen LogP contribution in [0.1, 0.15) is 23.7 Å². The van der Waals surface area contributed by atoms with Crippen molar-refractivity contribution in [3.63, 3.8) is 0 Å². The van der Waals surface area contributed by atoms with Crippen molar-refractivity contribution in [1.29, 1.82) is 0 Å². The second-order valence-corrected chi connectivity index (χ2v) is 9.36. The van der Waals surface area contributed by atoms with E-state index in [4.69, 9.17) is 32.7 Å². The predicted molar refractivity (Wildman–Crippen MR) is 116 cm³/mol. The maximum absolute atomic E-state index is 12.7. The third-order valence-electron chi connectivity index (χ3n) is 4.43. The average Bonchev–Trinajstić information content (AvgIpc) is 2.74. The van der Waals surface area contributed by atoms with Gasteiger partial charge in [-0.25, -0.2) is 8.42 Å². The maximum atomic E-state index is 12.7. The number of hydrogen-bond acceptors (Lipinski definition) is 5. The van der Waals surface area contributed by atoms with Crippen LogP contribution in [0.4, 0.5) is 5.69 Å². The molecule has 1 heterocycles. The molecule has 1 amide bonds. The summed E-state index contributed by atoms with van der Waals surface area (Å²) in [4.78, 5) is 12.7. The lowest BCUT2D eigenvalue weighted by molar-refractivity contribution is 0.0730. The summed E-state index contributed by atoms with van der Waals surface area (Å²) < 4.78 is 37.4. The van der Waals surface area contributed by atoms with E-state index in [2.05, 4.69) is 5.32 Å². The van der Waals surface area contributed by atoms with Gasteiger partial charge >= 0.3 is 0 Å². The Balaban J connectivity index is 1.71. The third-order valence-corrected chi connectivity index (χ3v) is 6.91. The molecule has 0 spiro atoms. The summed E-state index contributed by atoms with van der Waals surface area (Å²) >= 11 is 12.4. The fourth-order valence-corrected chi connectivity index (χ4v) is 4.89. The van der Waals surface area contributed by atoms with E-state index in [0.29, 0.717) is 44.3 Å². The Morgan fingerprint density at radius 3 is 2.30 bits per heavy atom. The average molecular weight is 473 g/mol. The summed E-state index contributed by atoms with van der Waals surface area (Å²) in [5.74, 6) is -0.0842.